The summed E-state index contributed by atoms with van der Waals surface area (Å²) < 4.78 is 1.61. The standard InChI is InChI=1S/C17H16N2O/c1-11-9-14-15(10-12(11)2)19(3)17(20)18-16(14)13-7-5-4-6-8-13/h4-10H,1-3H3. The maximum absolute atomic E-state index is 12.1. The average Bonchev–Trinajstić information content (AvgIpc) is 2.46. The number of fused-ring (bicyclic) bond motifs is 1. The van der Waals surface area contributed by atoms with E-state index in [4.69, 9.17) is 0 Å². The first-order chi connectivity index (χ1) is 9.58. The summed E-state index contributed by atoms with van der Waals surface area (Å²) in [5, 5.41) is 1.02. The zero-order valence-corrected chi connectivity index (χ0v) is 11.8. The molecule has 0 unspecified atom stereocenters. The van der Waals surface area contributed by atoms with Crippen LogP contribution in [0.3, 0.4) is 0 Å². The molecule has 0 aliphatic heterocycles. The van der Waals surface area contributed by atoms with Crippen molar-refractivity contribution in [2.24, 2.45) is 7.05 Å². The van der Waals surface area contributed by atoms with E-state index in [0.717, 1.165) is 22.2 Å². The van der Waals surface area contributed by atoms with Crippen molar-refractivity contribution in [1.82, 2.24) is 9.55 Å². The van der Waals surface area contributed by atoms with Gasteiger partial charge in [0.1, 0.15) is 0 Å². The average molecular weight is 264 g/mol. The molecule has 0 fully saturated rings. The Bertz CT molecular complexity index is 848. The van der Waals surface area contributed by atoms with Crippen LogP contribution in [0.4, 0.5) is 0 Å². The Morgan fingerprint density at radius 2 is 1.65 bits per heavy atom. The van der Waals surface area contributed by atoms with E-state index < -0.39 is 0 Å². The highest BCUT2D eigenvalue weighted by Crippen LogP contribution is 2.27. The maximum Gasteiger partial charge on any atom is 0.348 e. The molecule has 2 aromatic carbocycles. The summed E-state index contributed by atoms with van der Waals surface area (Å²) in [7, 11) is 1.77. The van der Waals surface area contributed by atoms with Gasteiger partial charge in [-0.25, -0.2) is 4.79 Å². The molecular weight excluding hydrogens is 248 g/mol. The highest BCUT2D eigenvalue weighted by atomic mass is 16.1. The molecule has 1 aromatic heterocycles. The summed E-state index contributed by atoms with van der Waals surface area (Å²) in [5.74, 6) is 0. The van der Waals surface area contributed by atoms with Crippen molar-refractivity contribution in [2.45, 2.75) is 13.8 Å². The van der Waals surface area contributed by atoms with Gasteiger partial charge in [-0.3, -0.25) is 4.57 Å². The molecule has 0 aliphatic rings. The number of aryl methyl sites for hydroxylation is 3. The molecule has 3 aromatic rings. The molecule has 0 radical (unpaired) electrons. The van der Waals surface area contributed by atoms with Gasteiger partial charge < -0.3 is 0 Å². The zero-order valence-electron chi connectivity index (χ0n) is 11.8. The zero-order chi connectivity index (χ0) is 14.3. The van der Waals surface area contributed by atoms with Gasteiger partial charge in [-0.2, -0.15) is 4.98 Å². The van der Waals surface area contributed by atoms with E-state index in [0.29, 0.717) is 0 Å². The topological polar surface area (TPSA) is 34.9 Å². The second-order valence-electron chi connectivity index (χ2n) is 5.12. The van der Waals surface area contributed by atoms with E-state index in [1.54, 1.807) is 11.6 Å². The molecule has 3 nitrogen and oxygen atoms in total. The van der Waals surface area contributed by atoms with Crippen LogP contribution in [0.2, 0.25) is 0 Å². The second kappa shape index (κ2) is 4.60. The third kappa shape index (κ3) is 1.92. The van der Waals surface area contributed by atoms with Gasteiger partial charge in [0.05, 0.1) is 11.2 Å². The van der Waals surface area contributed by atoms with Crippen molar-refractivity contribution in [3.05, 3.63) is 64.1 Å². The van der Waals surface area contributed by atoms with Crippen molar-refractivity contribution in [1.29, 1.82) is 0 Å². The highest BCUT2D eigenvalue weighted by Gasteiger charge is 2.11. The van der Waals surface area contributed by atoms with Crippen molar-refractivity contribution in [3.8, 4) is 11.3 Å². The lowest BCUT2D eigenvalue weighted by atomic mass is 10.0. The summed E-state index contributed by atoms with van der Waals surface area (Å²) >= 11 is 0. The molecule has 3 heteroatoms. The Balaban J connectivity index is 2.47. The minimum atomic E-state index is -0.223. The third-order valence-electron chi connectivity index (χ3n) is 3.77. The van der Waals surface area contributed by atoms with E-state index in [1.165, 1.54) is 11.1 Å². The molecule has 0 atom stereocenters. The van der Waals surface area contributed by atoms with Crippen LogP contribution in [0.25, 0.3) is 22.2 Å². The lowest BCUT2D eigenvalue weighted by Crippen LogP contribution is -2.21. The molecule has 0 spiro atoms. The van der Waals surface area contributed by atoms with Gasteiger partial charge in [-0.1, -0.05) is 30.3 Å². The first-order valence-electron chi connectivity index (χ1n) is 6.61. The van der Waals surface area contributed by atoms with Crippen LogP contribution >= 0.6 is 0 Å². The van der Waals surface area contributed by atoms with Crippen LogP contribution in [-0.2, 0) is 7.05 Å². The second-order valence-corrected chi connectivity index (χ2v) is 5.12. The van der Waals surface area contributed by atoms with Crippen LogP contribution in [-0.4, -0.2) is 9.55 Å². The molecule has 1 heterocycles. The summed E-state index contributed by atoms with van der Waals surface area (Å²) in [6, 6.07) is 14.0. The van der Waals surface area contributed by atoms with Gasteiger partial charge in [0.2, 0.25) is 0 Å². The van der Waals surface area contributed by atoms with Crippen LogP contribution in [0.5, 0.6) is 0 Å². The predicted octanol–water partition coefficient (Wildman–Crippen LogP) is 3.22. The smallest absolute Gasteiger partial charge is 0.295 e. The summed E-state index contributed by atoms with van der Waals surface area (Å²) in [4.78, 5) is 16.3. The number of benzene rings is 2. The Morgan fingerprint density at radius 1 is 1.00 bits per heavy atom. The lowest BCUT2D eigenvalue weighted by molar-refractivity contribution is 0.854. The molecule has 0 aliphatic carbocycles. The van der Waals surface area contributed by atoms with Crippen molar-refractivity contribution < 1.29 is 0 Å². The quantitative estimate of drug-likeness (QED) is 0.676. The van der Waals surface area contributed by atoms with E-state index >= 15 is 0 Å². The molecule has 0 N–H and O–H groups in total. The maximum atomic E-state index is 12.1. The highest BCUT2D eigenvalue weighted by molar-refractivity contribution is 5.93. The van der Waals surface area contributed by atoms with E-state index in [9.17, 15) is 4.79 Å². The van der Waals surface area contributed by atoms with Gasteiger partial charge in [-0.15, -0.1) is 0 Å². The molecule has 100 valence electrons. The molecule has 0 saturated carbocycles. The summed E-state index contributed by atoms with van der Waals surface area (Å²) in [6.45, 7) is 4.14. The number of hydrogen-bond donors (Lipinski definition) is 0. The van der Waals surface area contributed by atoms with Crippen molar-refractivity contribution in [2.75, 3.05) is 0 Å². The van der Waals surface area contributed by atoms with Crippen LogP contribution in [0, 0.1) is 13.8 Å². The SMILES string of the molecule is Cc1cc2c(-c3ccccc3)nc(=O)n(C)c2cc1C. The van der Waals surface area contributed by atoms with Gasteiger partial charge in [0, 0.05) is 18.0 Å². The number of nitrogens with zero attached hydrogens (tertiary/aromatic N) is 2. The summed E-state index contributed by atoms with van der Waals surface area (Å²) in [5.41, 5.74) is 4.81. The number of hydrogen-bond acceptors (Lipinski definition) is 2. The minimum Gasteiger partial charge on any atom is -0.295 e. The largest absolute Gasteiger partial charge is 0.348 e. The van der Waals surface area contributed by atoms with Crippen molar-refractivity contribution in [3.63, 3.8) is 0 Å². The Hall–Kier alpha value is -2.42. The molecule has 0 bridgehead atoms. The fourth-order valence-corrected chi connectivity index (χ4v) is 2.42. The van der Waals surface area contributed by atoms with Crippen LogP contribution < -0.4 is 5.69 Å². The fourth-order valence-electron chi connectivity index (χ4n) is 2.42. The monoisotopic (exact) mass is 264 g/mol. The van der Waals surface area contributed by atoms with Crippen LogP contribution in [0.1, 0.15) is 11.1 Å². The Morgan fingerprint density at radius 3 is 2.35 bits per heavy atom. The predicted molar refractivity (Wildman–Crippen MR) is 81.9 cm³/mol. The minimum absolute atomic E-state index is 0.223. The summed E-state index contributed by atoms with van der Waals surface area (Å²) in [6.07, 6.45) is 0. The Labute approximate surface area is 117 Å². The molecule has 20 heavy (non-hydrogen) atoms. The normalized spacial score (nSPS) is 10.9. The third-order valence-corrected chi connectivity index (χ3v) is 3.77. The molecular formula is C17H16N2O. The van der Waals surface area contributed by atoms with Crippen LogP contribution in [0.15, 0.2) is 47.3 Å². The fraction of sp³-hybridized carbons (Fsp3) is 0.176. The van der Waals surface area contributed by atoms with Gasteiger partial charge in [0.25, 0.3) is 0 Å². The molecule has 0 saturated heterocycles. The van der Waals surface area contributed by atoms with Gasteiger partial charge >= 0.3 is 5.69 Å². The van der Waals surface area contributed by atoms with E-state index in [-0.39, 0.29) is 5.69 Å². The number of rotatable bonds is 1. The molecule has 0 amide bonds. The Kier molecular flexibility index (Phi) is 2.90. The van der Waals surface area contributed by atoms with Crippen molar-refractivity contribution >= 4 is 10.9 Å². The van der Waals surface area contributed by atoms with Gasteiger partial charge in [-0.05, 0) is 37.1 Å². The first-order valence-corrected chi connectivity index (χ1v) is 6.61. The first kappa shape index (κ1) is 12.6. The van der Waals surface area contributed by atoms with E-state index in [1.807, 2.05) is 30.3 Å². The molecule has 3 rings (SSSR count). The number of aromatic nitrogens is 2. The van der Waals surface area contributed by atoms with Gasteiger partial charge in [0.15, 0.2) is 0 Å². The van der Waals surface area contributed by atoms with E-state index in [2.05, 4.69) is 31.0 Å². The lowest BCUT2D eigenvalue weighted by Gasteiger charge is -2.11.